The quantitative estimate of drug-likeness (QED) is 0.538. The molecule has 5 nitrogen and oxygen atoms in total. The van der Waals surface area contributed by atoms with Crippen LogP contribution in [0.5, 0.6) is 0 Å². The Labute approximate surface area is 187 Å². The van der Waals surface area contributed by atoms with Crippen molar-refractivity contribution in [1.82, 2.24) is 4.90 Å². The highest BCUT2D eigenvalue weighted by atomic mass is 16.2. The molecule has 4 aliphatic carbocycles. The highest BCUT2D eigenvalue weighted by Crippen LogP contribution is 2.65. The first kappa shape index (κ1) is 19.5. The van der Waals surface area contributed by atoms with E-state index in [1.807, 2.05) is 42.5 Å². The second-order valence-corrected chi connectivity index (χ2v) is 9.52. The van der Waals surface area contributed by atoms with Crippen LogP contribution in [0.25, 0.3) is 0 Å². The Bertz CT molecular complexity index is 1090. The maximum atomic E-state index is 13.5. The first-order valence-corrected chi connectivity index (χ1v) is 11.6. The van der Waals surface area contributed by atoms with Crippen molar-refractivity contribution in [3.63, 3.8) is 0 Å². The molecule has 0 spiro atoms. The van der Waals surface area contributed by atoms with Gasteiger partial charge in [0.2, 0.25) is 11.8 Å². The van der Waals surface area contributed by atoms with Crippen LogP contribution in [0, 0.1) is 35.5 Å². The molecule has 5 heteroatoms. The number of nitrogens with zero attached hydrogens (tertiary/aromatic N) is 2. The minimum Gasteiger partial charge on any atom is -0.290 e. The minimum atomic E-state index is -0.252. The molecule has 0 N–H and O–H groups in total. The van der Waals surface area contributed by atoms with Gasteiger partial charge in [-0.05, 0) is 66.3 Å². The number of carbonyl (C=O) groups excluding carboxylic acids is 3. The van der Waals surface area contributed by atoms with E-state index in [1.54, 1.807) is 17.0 Å². The van der Waals surface area contributed by atoms with Crippen molar-refractivity contribution < 1.29 is 14.4 Å². The molecule has 1 heterocycles. The van der Waals surface area contributed by atoms with Gasteiger partial charge in [-0.25, -0.2) is 0 Å². The summed E-state index contributed by atoms with van der Waals surface area (Å²) in [6, 6.07) is 16.8. The van der Waals surface area contributed by atoms with Crippen LogP contribution in [0.1, 0.15) is 29.3 Å². The smallest absolute Gasteiger partial charge is 0.259 e. The summed E-state index contributed by atoms with van der Waals surface area (Å²) in [5.41, 5.74) is 2.39. The SMILES string of the molecule is CCc1ccc(N(CN2C(=O)[C@@H]3[C@H]4C=C[C@@H]([C@@H]5C[C@@H]45)[C@H]3C2=O)C(=O)c2ccccc2)cc1. The van der Waals surface area contributed by atoms with Gasteiger partial charge in [-0.3, -0.25) is 24.2 Å². The number of carbonyl (C=O) groups is 3. The standard InChI is InChI=1S/C27H26N2O3/c1-2-16-8-10-18(11-9-16)28(25(30)17-6-4-3-5-7-17)15-29-26(31)23-19-12-13-20(22-14-21(19)22)24(23)27(29)32/h3-13,19-24H,2,14-15H2,1H3/t19-,20-,21-,22-,23+,24+/m0/s1. The summed E-state index contributed by atoms with van der Waals surface area (Å²) in [6.45, 7) is 2.04. The zero-order chi connectivity index (χ0) is 22.0. The van der Waals surface area contributed by atoms with E-state index in [2.05, 4.69) is 19.1 Å². The fraction of sp³-hybridized carbons (Fsp3) is 0.370. The zero-order valence-electron chi connectivity index (χ0n) is 18.1. The van der Waals surface area contributed by atoms with Crippen molar-refractivity contribution >= 4 is 23.4 Å². The first-order valence-electron chi connectivity index (χ1n) is 11.6. The van der Waals surface area contributed by atoms with Gasteiger partial charge in [0.1, 0.15) is 6.67 Å². The van der Waals surface area contributed by atoms with Crippen LogP contribution in [-0.4, -0.2) is 29.3 Å². The minimum absolute atomic E-state index is 0.0430. The third-order valence-electron chi connectivity index (χ3n) is 7.96. The van der Waals surface area contributed by atoms with Gasteiger partial charge >= 0.3 is 0 Å². The Kier molecular flexibility index (Phi) is 4.36. The topological polar surface area (TPSA) is 57.7 Å². The Morgan fingerprint density at radius 3 is 2.06 bits per heavy atom. The number of benzene rings is 2. The van der Waals surface area contributed by atoms with Crippen LogP contribution in [-0.2, 0) is 16.0 Å². The lowest BCUT2D eigenvalue weighted by atomic mass is 9.63. The molecule has 3 amide bonds. The van der Waals surface area contributed by atoms with E-state index in [4.69, 9.17) is 0 Å². The summed E-state index contributed by atoms with van der Waals surface area (Å²) < 4.78 is 0. The molecular weight excluding hydrogens is 400 g/mol. The molecule has 7 rings (SSSR count). The molecule has 5 aliphatic rings. The maximum Gasteiger partial charge on any atom is 0.259 e. The number of imide groups is 1. The van der Waals surface area contributed by atoms with E-state index in [9.17, 15) is 14.4 Å². The van der Waals surface area contributed by atoms with Crippen molar-refractivity contribution in [2.45, 2.75) is 19.8 Å². The summed E-state index contributed by atoms with van der Waals surface area (Å²) in [4.78, 5) is 43.3. The highest BCUT2D eigenvalue weighted by Gasteiger charge is 2.67. The molecular formula is C27H26N2O3. The molecule has 3 fully saturated rings. The third-order valence-corrected chi connectivity index (χ3v) is 7.96. The monoisotopic (exact) mass is 426 g/mol. The van der Waals surface area contributed by atoms with Gasteiger partial charge in [-0.1, -0.05) is 49.4 Å². The van der Waals surface area contributed by atoms with Crippen LogP contribution >= 0.6 is 0 Å². The van der Waals surface area contributed by atoms with E-state index >= 15 is 0 Å². The van der Waals surface area contributed by atoms with Crippen LogP contribution < -0.4 is 4.90 Å². The molecule has 2 aromatic rings. The lowest BCUT2D eigenvalue weighted by Crippen LogP contribution is -2.45. The molecule has 2 saturated carbocycles. The van der Waals surface area contributed by atoms with E-state index < -0.39 is 0 Å². The number of likely N-dealkylation sites (tertiary alicyclic amines) is 1. The first-order chi connectivity index (χ1) is 15.6. The summed E-state index contributed by atoms with van der Waals surface area (Å²) in [6.07, 6.45) is 6.38. The molecule has 1 aliphatic heterocycles. The number of allylic oxidation sites excluding steroid dienone is 2. The second-order valence-electron chi connectivity index (χ2n) is 9.52. The van der Waals surface area contributed by atoms with Crippen molar-refractivity contribution in [3.05, 3.63) is 77.9 Å². The van der Waals surface area contributed by atoms with Crippen molar-refractivity contribution in [2.24, 2.45) is 35.5 Å². The largest absolute Gasteiger partial charge is 0.290 e. The number of hydrogen-bond acceptors (Lipinski definition) is 3. The number of anilines is 1. The van der Waals surface area contributed by atoms with E-state index in [0.29, 0.717) is 23.1 Å². The Hall–Kier alpha value is -3.21. The molecule has 0 radical (unpaired) electrons. The predicted octanol–water partition coefficient (Wildman–Crippen LogP) is 3.91. The van der Waals surface area contributed by atoms with Gasteiger partial charge in [-0.15, -0.1) is 0 Å². The average Bonchev–Trinajstić information content (AvgIpc) is 3.63. The van der Waals surface area contributed by atoms with Crippen LogP contribution in [0.4, 0.5) is 5.69 Å². The Balaban J connectivity index is 1.33. The molecule has 162 valence electrons. The van der Waals surface area contributed by atoms with Crippen LogP contribution in [0.3, 0.4) is 0 Å². The van der Waals surface area contributed by atoms with Gasteiger partial charge in [0.25, 0.3) is 5.91 Å². The molecule has 32 heavy (non-hydrogen) atoms. The molecule has 6 atom stereocenters. The van der Waals surface area contributed by atoms with E-state index in [-0.39, 0.29) is 48.1 Å². The summed E-state index contributed by atoms with van der Waals surface area (Å²) >= 11 is 0. The van der Waals surface area contributed by atoms with Crippen LogP contribution in [0.15, 0.2) is 66.7 Å². The maximum absolute atomic E-state index is 13.5. The average molecular weight is 427 g/mol. The van der Waals surface area contributed by atoms with E-state index in [0.717, 1.165) is 12.8 Å². The highest BCUT2D eigenvalue weighted by molar-refractivity contribution is 6.09. The molecule has 2 bridgehead atoms. The van der Waals surface area contributed by atoms with Crippen molar-refractivity contribution in [1.29, 1.82) is 0 Å². The molecule has 0 unspecified atom stereocenters. The normalized spacial score (nSPS) is 31.5. The fourth-order valence-corrected chi connectivity index (χ4v) is 6.21. The zero-order valence-corrected chi connectivity index (χ0v) is 18.1. The number of aryl methyl sites for hydroxylation is 1. The predicted molar refractivity (Wildman–Crippen MR) is 120 cm³/mol. The number of rotatable bonds is 5. The molecule has 0 aromatic heterocycles. The van der Waals surface area contributed by atoms with Crippen molar-refractivity contribution in [3.8, 4) is 0 Å². The molecule has 2 aromatic carbocycles. The lowest BCUT2D eigenvalue weighted by Gasteiger charge is -2.37. The third kappa shape index (κ3) is 2.80. The lowest BCUT2D eigenvalue weighted by molar-refractivity contribution is -0.140. The van der Waals surface area contributed by atoms with E-state index in [1.165, 1.54) is 10.5 Å². The summed E-state index contributed by atoms with van der Waals surface area (Å²) in [5, 5.41) is 0. The van der Waals surface area contributed by atoms with Crippen LogP contribution in [0.2, 0.25) is 0 Å². The second kappa shape index (κ2) is 7.16. The fourth-order valence-electron chi connectivity index (χ4n) is 6.21. The summed E-state index contributed by atoms with van der Waals surface area (Å²) in [7, 11) is 0. The van der Waals surface area contributed by atoms with Crippen molar-refractivity contribution in [2.75, 3.05) is 11.6 Å². The summed E-state index contributed by atoms with van der Waals surface area (Å²) in [5.74, 6) is 0.542. The Morgan fingerprint density at radius 2 is 1.50 bits per heavy atom. The van der Waals surface area contributed by atoms with Gasteiger partial charge in [0, 0.05) is 11.3 Å². The van der Waals surface area contributed by atoms with Gasteiger partial charge in [-0.2, -0.15) is 0 Å². The van der Waals surface area contributed by atoms with Gasteiger partial charge in [0.05, 0.1) is 11.8 Å². The number of amides is 3. The van der Waals surface area contributed by atoms with Gasteiger partial charge < -0.3 is 0 Å². The molecule has 1 saturated heterocycles. The Morgan fingerprint density at radius 1 is 0.906 bits per heavy atom. The van der Waals surface area contributed by atoms with Gasteiger partial charge in [0.15, 0.2) is 0 Å². The number of hydrogen-bond donors (Lipinski definition) is 0.